The Morgan fingerprint density at radius 3 is 2.72 bits per heavy atom. The van der Waals surface area contributed by atoms with Crippen molar-refractivity contribution in [1.82, 2.24) is 19.6 Å². The second-order valence-electron chi connectivity index (χ2n) is 6.55. The zero-order chi connectivity index (χ0) is 17.6. The molecule has 0 aliphatic carbocycles. The summed E-state index contributed by atoms with van der Waals surface area (Å²) in [6.45, 7) is 9.36. The van der Waals surface area contributed by atoms with Crippen LogP contribution in [0.25, 0.3) is 6.08 Å². The number of hydrogen-bond acceptors (Lipinski definition) is 3. The van der Waals surface area contributed by atoms with Gasteiger partial charge in [-0.1, -0.05) is 29.8 Å². The zero-order valence-electron chi connectivity index (χ0n) is 15.1. The van der Waals surface area contributed by atoms with Crippen LogP contribution in [0.15, 0.2) is 42.7 Å². The molecule has 1 aliphatic rings. The van der Waals surface area contributed by atoms with E-state index < -0.39 is 0 Å². The van der Waals surface area contributed by atoms with E-state index in [2.05, 4.69) is 41.2 Å². The van der Waals surface area contributed by atoms with E-state index in [1.54, 1.807) is 12.3 Å². The third-order valence-corrected chi connectivity index (χ3v) is 4.57. The van der Waals surface area contributed by atoms with Gasteiger partial charge in [0.05, 0.1) is 6.20 Å². The van der Waals surface area contributed by atoms with Gasteiger partial charge in [-0.2, -0.15) is 5.10 Å². The number of amides is 1. The van der Waals surface area contributed by atoms with Gasteiger partial charge in [-0.05, 0) is 25.5 Å². The molecule has 5 nitrogen and oxygen atoms in total. The highest BCUT2D eigenvalue weighted by atomic mass is 16.2. The highest BCUT2D eigenvalue weighted by molar-refractivity contribution is 5.91. The lowest BCUT2D eigenvalue weighted by molar-refractivity contribution is -0.127. The van der Waals surface area contributed by atoms with Crippen LogP contribution in [0.2, 0.25) is 0 Å². The first kappa shape index (κ1) is 17.4. The summed E-state index contributed by atoms with van der Waals surface area (Å²) in [5.74, 6) is 0.0828. The minimum Gasteiger partial charge on any atom is -0.337 e. The number of benzene rings is 1. The van der Waals surface area contributed by atoms with Crippen molar-refractivity contribution in [3.63, 3.8) is 0 Å². The van der Waals surface area contributed by atoms with Gasteiger partial charge in [0, 0.05) is 57.1 Å². The molecule has 25 heavy (non-hydrogen) atoms. The largest absolute Gasteiger partial charge is 0.337 e. The van der Waals surface area contributed by atoms with Gasteiger partial charge in [-0.15, -0.1) is 0 Å². The average molecular weight is 338 g/mol. The molecule has 3 rings (SSSR count). The van der Waals surface area contributed by atoms with Crippen LogP contribution in [-0.4, -0.2) is 51.7 Å². The summed E-state index contributed by atoms with van der Waals surface area (Å²) in [6, 6.07) is 8.63. The molecule has 0 N–H and O–H groups in total. The van der Waals surface area contributed by atoms with Crippen molar-refractivity contribution < 1.29 is 4.79 Å². The number of rotatable bonds is 5. The van der Waals surface area contributed by atoms with Crippen LogP contribution < -0.4 is 0 Å². The zero-order valence-corrected chi connectivity index (χ0v) is 15.1. The highest BCUT2D eigenvalue weighted by Crippen LogP contribution is 2.11. The topological polar surface area (TPSA) is 41.4 Å². The first-order valence-corrected chi connectivity index (χ1v) is 8.91. The Hall–Kier alpha value is -2.40. The summed E-state index contributed by atoms with van der Waals surface area (Å²) in [6.07, 6.45) is 7.24. The van der Waals surface area contributed by atoms with E-state index in [9.17, 15) is 4.79 Å². The van der Waals surface area contributed by atoms with Crippen molar-refractivity contribution >= 4 is 12.0 Å². The van der Waals surface area contributed by atoms with Gasteiger partial charge < -0.3 is 4.90 Å². The van der Waals surface area contributed by atoms with Crippen LogP contribution in [0.5, 0.6) is 0 Å². The third kappa shape index (κ3) is 4.79. The molecule has 0 radical (unpaired) electrons. The maximum atomic E-state index is 12.4. The Labute approximate surface area is 149 Å². The molecule has 0 atom stereocenters. The fourth-order valence-electron chi connectivity index (χ4n) is 3.11. The Morgan fingerprint density at radius 1 is 1.24 bits per heavy atom. The number of piperazine rings is 1. The van der Waals surface area contributed by atoms with E-state index in [0.29, 0.717) is 0 Å². The fourth-order valence-corrected chi connectivity index (χ4v) is 3.11. The minimum absolute atomic E-state index is 0.0828. The number of carbonyl (C=O) groups is 1. The van der Waals surface area contributed by atoms with Crippen molar-refractivity contribution in [3.8, 4) is 0 Å². The van der Waals surface area contributed by atoms with E-state index in [-0.39, 0.29) is 5.91 Å². The van der Waals surface area contributed by atoms with E-state index in [1.165, 1.54) is 11.1 Å². The summed E-state index contributed by atoms with van der Waals surface area (Å²) in [7, 11) is 0. The van der Waals surface area contributed by atoms with Crippen LogP contribution in [0.4, 0.5) is 0 Å². The summed E-state index contributed by atoms with van der Waals surface area (Å²) < 4.78 is 1.86. The number of aromatic nitrogens is 2. The van der Waals surface area contributed by atoms with Crippen LogP contribution >= 0.6 is 0 Å². The van der Waals surface area contributed by atoms with Gasteiger partial charge in [0.15, 0.2) is 0 Å². The van der Waals surface area contributed by atoms with Crippen LogP contribution in [0.1, 0.15) is 23.6 Å². The third-order valence-electron chi connectivity index (χ3n) is 4.57. The molecule has 0 spiro atoms. The first-order valence-electron chi connectivity index (χ1n) is 8.91. The van der Waals surface area contributed by atoms with Crippen molar-refractivity contribution in [2.75, 3.05) is 26.2 Å². The van der Waals surface area contributed by atoms with Crippen LogP contribution in [0, 0.1) is 6.92 Å². The summed E-state index contributed by atoms with van der Waals surface area (Å²) in [4.78, 5) is 16.7. The SMILES string of the molecule is CCn1cc(/C=C/C(=O)N2CCN(Cc3cccc(C)c3)CC2)cn1. The molecule has 1 aliphatic heterocycles. The highest BCUT2D eigenvalue weighted by Gasteiger charge is 2.19. The van der Waals surface area contributed by atoms with Gasteiger partial charge in [0.1, 0.15) is 0 Å². The van der Waals surface area contributed by atoms with Gasteiger partial charge in [-0.25, -0.2) is 0 Å². The molecule has 1 amide bonds. The molecule has 0 saturated carbocycles. The van der Waals surface area contributed by atoms with Crippen LogP contribution in [0.3, 0.4) is 0 Å². The molecule has 1 aromatic heterocycles. The minimum atomic E-state index is 0.0828. The van der Waals surface area contributed by atoms with E-state index in [4.69, 9.17) is 0 Å². The summed E-state index contributed by atoms with van der Waals surface area (Å²) in [5, 5.41) is 4.21. The van der Waals surface area contributed by atoms with E-state index >= 15 is 0 Å². The quantitative estimate of drug-likeness (QED) is 0.787. The smallest absolute Gasteiger partial charge is 0.246 e. The van der Waals surface area contributed by atoms with Crippen molar-refractivity contribution in [1.29, 1.82) is 0 Å². The average Bonchev–Trinajstić information content (AvgIpc) is 3.08. The first-order chi connectivity index (χ1) is 12.1. The molecule has 1 saturated heterocycles. The Balaban J connectivity index is 1.48. The second kappa shape index (κ2) is 8.12. The maximum absolute atomic E-state index is 12.4. The molecular formula is C20H26N4O. The summed E-state index contributed by atoms with van der Waals surface area (Å²) in [5.41, 5.74) is 3.60. The molecule has 1 aromatic carbocycles. The standard InChI is InChI=1S/C20H26N4O/c1-3-24-16-19(14-21-24)7-8-20(25)23-11-9-22(10-12-23)15-18-6-4-5-17(2)13-18/h4-8,13-14,16H,3,9-12,15H2,1-2H3/b8-7+. The number of carbonyl (C=O) groups excluding carboxylic acids is 1. The molecule has 2 aromatic rings. The van der Waals surface area contributed by atoms with Crippen molar-refractivity contribution in [3.05, 3.63) is 59.4 Å². The lowest BCUT2D eigenvalue weighted by Crippen LogP contribution is -2.47. The maximum Gasteiger partial charge on any atom is 0.246 e. The second-order valence-corrected chi connectivity index (χ2v) is 6.55. The molecule has 132 valence electrons. The Bertz CT molecular complexity index is 742. The van der Waals surface area contributed by atoms with Gasteiger partial charge >= 0.3 is 0 Å². The Kier molecular flexibility index (Phi) is 5.66. The van der Waals surface area contributed by atoms with Crippen LogP contribution in [-0.2, 0) is 17.9 Å². The number of aryl methyl sites for hydroxylation is 2. The van der Waals surface area contributed by atoms with Gasteiger partial charge in [0.25, 0.3) is 0 Å². The fraction of sp³-hybridized carbons (Fsp3) is 0.400. The van der Waals surface area contributed by atoms with Gasteiger partial charge in [0.2, 0.25) is 5.91 Å². The predicted octanol–water partition coefficient (Wildman–Crippen LogP) is 2.57. The molecule has 1 fully saturated rings. The van der Waals surface area contributed by atoms with E-state index in [1.807, 2.05) is 28.8 Å². The predicted molar refractivity (Wildman–Crippen MR) is 100.0 cm³/mol. The molecule has 0 unspecified atom stereocenters. The monoisotopic (exact) mass is 338 g/mol. The molecule has 5 heteroatoms. The lowest BCUT2D eigenvalue weighted by Gasteiger charge is -2.34. The normalized spacial score (nSPS) is 15.8. The van der Waals surface area contributed by atoms with Gasteiger partial charge in [-0.3, -0.25) is 14.4 Å². The molecular weight excluding hydrogens is 312 g/mol. The molecule has 0 bridgehead atoms. The van der Waals surface area contributed by atoms with Crippen molar-refractivity contribution in [2.45, 2.75) is 26.9 Å². The summed E-state index contributed by atoms with van der Waals surface area (Å²) >= 11 is 0. The Morgan fingerprint density at radius 2 is 2.04 bits per heavy atom. The number of nitrogens with zero attached hydrogens (tertiary/aromatic N) is 4. The van der Waals surface area contributed by atoms with E-state index in [0.717, 1.165) is 44.8 Å². The van der Waals surface area contributed by atoms with Crippen molar-refractivity contribution in [2.24, 2.45) is 0 Å². The molecule has 2 heterocycles. The number of hydrogen-bond donors (Lipinski definition) is 0. The lowest BCUT2D eigenvalue weighted by atomic mass is 10.1.